The van der Waals surface area contributed by atoms with Crippen LogP contribution >= 0.6 is 0 Å². The average molecular weight is 529 g/mol. The molecule has 1 heterocycles. The Hall–Kier alpha value is -3.17. The van der Waals surface area contributed by atoms with Crippen LogP contribution in [0.1, 0.15) is 67.8 Å². The molecule has 1 aliphatic heterocycles. The van der Waals surface area contributed by atoms with Crippen LogP contribution in [0.2, 0.25) is 0 Å². The van der Waals surface area contributed by atoms with Crippen molar-refractivity contribution in [2.75, 3.05) is 26.8 Å². The lowest BCUT2D eigenvalue weighted by Gasteiger charge is -2.41. The van der Waals surface area contributed by atoms with Crippen LogP contribution in [0.25, 0.3) is 0 Å². The number of aldehydes is 1. The monoisotopic (exact) mass is 528 g/mol. The van der Waals surface area contributed by atoms with Crippen molar-refractivity contribution in [2.24, 2.45) is 5.92 Å². The van der Waals surface area contributed by atoms with Gasteiger partial charge in [0, 0.05) is 36.2 Å². The first-order valence-electron chi connectivity index (χ1n) is 13.3. The molecule has 0 bridgehead atoms. The molecule has 2 aliphatic rings. The van der Waals surface area contributed by atoms with Gasteiger partial charge in [0.25, 0.3) is 0 Å². The Balaban J connectivity index is 2.05. The molecule has 0 radical (unpaired) electrons. The highest BCUT2D eigenvalue weighted by molar-refractivity contribution is 5.96. The Morgan fingerprint density at radius 3 is 2.68 bits per heavy atom. The molecule has 3 rings (SSSR count). The maximum absolute atomic E-state index is 13.4. The number of rotatable bonds is 14. The van der Waals surface area contributed by atoms with Crippen LogP contribution in [-0.2, 0) is 9.59 Å². The second kappa shape index (κ2) is 13.6. The summed E-state index contributed by atoms with van der Waals surface area (Å²) < 4.78 is 11.7. The number of methoxy groups -OCH3 is 1. The number of benzene rings is 1. The fraction of sp³-hybridized carbons (Fsp3) is 0.552. The fourth-order valence-corrected chi connectivity index (χ4v) is 5.10. The van der Waals surface area contributed by atoms with E-state index in [0.717, 1.165) is 19.3 Å². The number of aliphatic hydroxyl groups excluding tert-OH is 2. The molecule has 1 aliphatic carbocycles. The number of aliphatic hydroxyl groups is 2. The fourth-order valence-electron chi connectivity index (χ4n) is 5.10. The van der Waals surface area contributed by atoms with Crippen molar-refractivity contribution < 1.29 is 34.1 Å². The van der Waals surface area contributed by atoms with Gasteiger partial charge in [-0.2, -0.15) is 0 Å². The summed E-state index contributed by atoms with van der Waals surface area (Å²) in [7, 11) is 1.46. The van der Waals surface area contributed by atoms with E-state index < -0.39 is 30.1 Å². The number of amides is 2. The number of fused-ring (bicyclic) bond motifs is 3. The lowest BCUT2D eigenvalue weighted by atomic mass is 9.77. The average Bonchev–Trinajstić information content (AvgIpc) is 3.30. The van der Waals surface area contributed by atoms with Gasteiger partial charge in [-0.3, -0.25) is 14.4 Å². The summed E-state index contributed by atoms with van der Waals surface area (Å²) in [5, 5.41) is 23.6. The van der Waals surface area contributed by atoms with E-state index in [-0.39, 0.29) is 19.1 Å². The van der Waals surface area contributed by atoms with Crippen LogP contribution in [0.3, 0.4) is 0 Å². The number of allylic oxidation sites excluding steroid dienone is 1. The lowest BCUT2D eigenvalue weighted by Crippen LogP contribution is -2.56. The zero-order valence-electron chi connectivity index (χ0n) is 22.5. The number of carbonyl (C=O) groups excluding carboxylic acids is 3. The molecule has 0 spiro atoms. The molecule has 38 heavy (non-hydrogen) atoms. The molecule has 0 fully saturated rings. The molecule has 1 aromatic carbocycles. The van der Waals surface area contributed by atoms with Crippen LogP contribution < -0.4 is 14.8 Å². The van der Waals surface area contributed by atoms with E-state index >= 15 is 0 Å². The van der Waals surface area contributed by atoms with E-state index in [1.807, 2.05) is 6.08 Å². The van der Waals surface area contributed by atoms with Gasteiger partial charge in [0.05, 0.1) is 25.7 Å². The summed E-state index contributed by atoms with van der Waals surface area (Å²) in [5.74, 6) is -0.196. The maximum atomic E-state index is 13.4. The molecule has 1 aromatic rings. The molecule has 0 aromatic heterocycles. The van der Waals surface area contributed by atoms with E-state index in [1.54, 1.807) is 23.1 Å². The largest absolute Gasteiger partial charge is 0.493 e. The van der Waals surface area contributed by atoms with Crippen LogP contribution in [0, 0.1) is 5.92 Å². The number of nitrogens with one attached hydrogen (secondary N) is 1. The van der Waals surface area contributed by atoms with Gasteiger partial charge in [0.15, 0.2) is 11.5 Å². The second-order valence-corrected chi connectivity index (χ2v) is 10.2. The molecule has 0 saturated heterocycles. The van der Waals surface area contributed by atoms with Gasteiger partial charge in [0.1, 0.15) is 18.5 Å². The quantitative estimate of drug-likeness (QED) is 0.193. The second-order valence-electron chi connectivity index (χ2n) is 10.2. The van der Waals surface area contributed by atoms with Gasteiger partial charge < -0.3 is 29.9 Å². The zero-order chi connectivity index (χ0) is 27.8. The van der Waals surface area contributed by atoms with Crippen LogP contribution in [0.5, 0.6) is 11.5 Å². The Bertz CT molecular complexity index is 1050. The molecule has 9 heteroatoms. The predicted molar refractivity (Wildman–Crippen MR) is 143 cm³/mol. The van der Waals surface area contributed by atoms with Crippen molar-refractivity contribution in [1.29, 1.82) is 0 Å². The molecule has 2 amide bonds. The number of carbonyl (C=O) groups is 3. The highest BCUT2D eigenvalue weighted by atomic mass is 16.5. The predicted octanol–water partition coefficient (Wildman–Crippen LogP) is 2.75. The van der Waals surface area contributed by atoms with Gasteiger partial charge in [-0.05, 0) is 49.8 Å². The number of nitrogens with zero attached hydrogens (tertiary/aromatic N) is 1. The summed E-state index contributed by atoms with van der Waals surface area (Å²) in [6.45, 7) is 8.09. The minimum Gasteiger partial charge on any atom is -0.493 e. The Kier molecular flexibility index (Phi) is 10.5. The third-order valence-electron chi connectivity index (χ3n) is 7.09. The van der Waals surface area contributed by atoms with Gasteiger partial charge in [0.2, 0.25) is 11.8 Å². The highest BCUT2D eigenvalue weighted by Gasteiger charge is 2.51. The Morgan fingerprint density at radius 1 is 1.29 bits per heavy atom. The van der Waals surface area contributed by atoms with Gasteiger partial charge in [-0.1, -0.05) is 19.9 Å². The van der Waals surface area contributed by atoms with E-state index in [4.69, 9.17) is 9.47 Å². The third-order valence-corrected chi connectivity index (χ3v) is 7.09. The lowest BCUT2D eigenvalue weighted by molar-refractivity contribution is -0.137. The minimum absolute atomic E-state index is 0.0471. The van der Waals surface area contributed by atoms with Crippen molar-refractivity contribution in [2.45, 2.75) is 70.1 Å². The first-order chi connectivity index (χ1) is 18.3. The normalized spacial score (nSPS) is 21.6. The Labute approximate surface area is 224 Å². The van der Waals surface area contributed by atoms with Crippen LogP contribution in [0.15, 0.2) is 36.4 Å². The number of unbranched alkanes of at least 4 members (excludes halogenated alkanes) is 2. The summed E-state index contributed by atoms with van der Waals surface area (Å²) >= 11 is 0. The SMILES string of the molecule is C=CCCCCC(=O)N(CCC(C)C)[C@@H]1C=C(C(=O)NCCO)[C@@H]2c3cc(C=O)cc(OC)c3O[C@@H]2[C@H]1O. The molecule has 0 unspecified atom stereocenters. The number of hydrogen-bond donors (Lipinski definition) is 3. The van der Waals surface area contributed by atoms with E-state index in [1.165, 1.54) is 7.11 Å². The third kappa shape index (κ3) is 6.45. The summed E-state index contributed by atoms with van der Waals surface area (Å²) in [6.07, 6.45) is 5.56. The van der Waals surface area contributed by atoms with Crippen molar-refractivity contribution in [3.63, 3.8) is 0 Å². The van der Waals surface area contributed by atoms with Gasteiger partial charge in [-0.25, -0.2) is 0 Å². The highest BCUT2D eigenvalue weighted by Crippen LogP contribution is 2.51. The van der Waals surface area contributed by atoms with Crippen LogP contribution in [-0.4, -0.2) is 78.3 Å². The zero-order valence-corrected chi connectivity index (χ0v) is 22.5. The minimum atomic E-state index is -1.13. The summed E-state index contributed by atoms with van der Waals surface area (Å²) in [6, 6.07) is 2.39. The topological polar surface area (TPSA) is 125 Å². The van der Waals surface area contributed by atoms with Gasteiger partial charge >= 0.3 is 0 Å². The summed E-state index contributed by atoms with van der Waals surface area (Å²) in [4.78, 5) is 40.0. The molecular formula is C29H40N2O7. The number of ether oxygens (including phenoxy) is 2. The van der Waals surface area contributed by atoms with Crippen molar-refractivity contribution in [3.05, 3.63) is 47.6 Å². The maximum Gasteiger partial charge on any atom is 0.247 e. The molecular weight excluding hydrogens is 488 g/mol. The van der Waals surface area contributed by atoms with E-state index in [9.17, 15) is 24.6 Å². The Morgan fingerprint density at radius 2 is 2.05 bits per heavy atom. The van der Waals surface area contributed by atoms with Gasteiger partial charge in [-0.15, -0.1) is 6.58 Å². The molecule has 208 valence electrons. The molecule has 4 atom stereocenters. The van der Waals surface area contributed by atoms with Crippen molar-refractivity contribution in [3.8, 4) is 11.5 Å². The summed E-state index contributed by atoms with van der Waals surface area (Å²) in [5.41, 5.74) is 1.23. The molecule has 3 N–H and O–H groups in total. The van der Waals surface area contributed by atoms with E-state index in [2.05, 4.69) is 25.7 Å². The molecule has 9 nitrogen and oxygen atoms in total. The number of hydrogen-bond acceptors (Lipinski definition) is 7. The van der Waals surface area contributed by atoms with Crippen LogP contribution in [0.4, 0.5) is 0 Å². The standard InChI is InChI=1S/C29H40N2O7/c1-5-6-7-8-9-24(34)31(12-10-18(2)3)22-16-21(29(36)30-11-13-32)25-20-14-19(17-33)15-23(37-4)27(20)38-28(25)26(22)35/h5,14-18,22,25-26,28,32,35H,1,6-13H2,2-4H3,(H,30,36)/t22-,25+,26+,28+/m1/s1. The first kappa shape index (κ1) is 29.4. The molecule has 0 saturated carbocycles. The van der Waals surface area contributed by atoms with E-state index in [0.29, 0.717) is 59.8 Å². The van der Waals surface area contributed by atoms with Crippen molar-refractivity contribution >= 4 is 18.1 Å². The first-order valence-corrected chi connectivity index (χ1v) is 13.3. The smallest absolute Gasteiger partial charge is 0.247 e. The van der Waals surface area contributed by atoms with Crippen molar-refractivity contribution in [1.82, 2.24) is 10.2 Å².